The second-order valence-corrected chi connectivity index (χ2v) is 5.49. The molecule has 27 heavy (non-hydrogen) atoms. The molecule has 3 N–H and O–H groups in total. The van der Waals surface area contributed by atoms with Gasteiger partial charge in [0.2, 0.25) is 0 Å². The van der Waals surface area contributed by atoms with Gasteiger partial charge >= 0.3 is 0 Å². The normalized spacial score (nSPS) is 10.2. The zero-order chi connectivity index (χ0) is 18.3. The molecule has 0 atom stereocenters. The molecule has 0 amide bonds. The van der Waals surface area contributed by atoms with Gasteiger partial charge in [-0.15, -0.1) is 0 Å². The number of aromatic amines is 3. The van der Waals surface area contributed by atoms with Gasteiger partial charge in [-0.1, -0.05) is 0 Å². The number of pyridine rings is 3. The van der Waals surface area contributed by atoms with E-state index in [-0.39, 0.29) is 0 Å². The summed E-state index contributed by atoms with van der Waals surface area (Å²) in [7, 11) is 0. The lowest BCUT2D eigenvalue weighted by Gasteiger charge is -1.82. The maximum absolute atomic E-state index is 4.11. The van der Waals surface area contributed by atoms with Crippen molar-refractivity contribution in [1.82, 2.24) is 39.9 Å². The maximum Gasteiger partial charge on any atom is 0.177 e. The van der Waals surface area contributed by atoms with Crippen molar-refractivity contribution in [3.05, 3.63) is 80.0 Å². The Bertz CT molecular complexity index is 1000. The second-order valence-electron chi connectivity index (χ2n) is 5.49. The lowest BCUT2D eigenvalue weighted by molar-refractivity contribution is 1.30. The van der Waals surface area contributed by atoms with E-state index in [1.54, 1.807) is 37.4 Å². The van der Waals surface area contributed by atoms with Crippen molar-refractivity contribution < 1.29 is 0 Å². The molecule has 0 unspecified atom stereocenters. The number of rotatable bonds is 0. The molecule has 6 heterocycles. The van der Waals surface area contributed by atoms with Gasteiger partial charge in [0.25, 0.3) is 0 Å². The fourth-order valence-corrected chi connectivity index (χ4v) is 2.44. The fraction of sp³-hybridized carbons (Fsp3) is 0. The summed E-state index contributed by atoms with van der Waals surface area (Å²) in [4.78, 5) is 28.9. The van der Waals surface area contributed by atoms with Crippen LogP contribution < -0.4 is 0 Å². The van der Waals surface area contributed by atoms with E-state index >= 15 is 0 Å². The molecule has 6 aromatic heterocycles. The average Bonchev–Trinajstić information content (AvgIpc) is 3.48. The number of H-pyrrole nitrogens is 3. The Labute approximate surface area is 153 Å². The van der Waals surface area contributed by atoms with Crippen LogP contribution in [-0.4, -0.2) is 39.9 Å². The highest BCUT2D eigenvalue weighted by atomic mass is 14.9. The van der Waals surface area contributed by atoms with Crippen LogP contribution in [0.1, 0.15) is 0 Å². The van der Waals surface area contributed by atoms with Crippen LogP contribution in [-0.2, 0) is 0 Å². The fourth-order valence-electron chi connectivity index (χ4n) is 2.44. The van der Waals surface area contributed by atoms with Gasteiger partial charge < -0.3 is 15.0 Å². The third-order valence-electron chi connectivity index (χ3n) is 3.73. The highest BCUT2D eigenvalue weighted by Crippen LogP contribution is 2.05. The predicted molar refractivity (Wildman–Crippen MR) is 104 cm³/mol. The molecule has 0 saturated carbocycles. The molecule has 0 bridgehead atoms. The number of nitrogens with zero attached hydrogens (tertiary/aromatic N) is 5. The van der Waals surface area contributed by atoms with Crippen molar-refractivity contribution in [1.29, 1.82) is 0 Å². The van der Waals surface area contributed by atoms with E-state index in [1.807, 2.05) is 42.6 Å². The highest BCUT2D eigenvalue weighted by Gasteiger charge is 1.91. The molecule has 0 fully saturated rings. The van der Waals surface area contributed by atoms with Crippen molar-refractivity contribution >= 4 is 33.2 Å². The van der Waals surface area contributed by atoms with Crippen LogP contribution in [0.25, 0.3) is 33.2 Å². The quantitative estimate of drug-likeness (QED) is 0.386. The lowest BCUT2D eigenvalue weighted by atomic mass is 10.4. The van der Waals surface area contributed by atoms with Crippen LogP contribution in [0.2, 0.25) is 0 Å². The van der Waals surface area contributed by atoms with Gasteiger partial charge in [-0.2, -0.15) is 0 Å². The maximum atomic E-state index is 4.11. The Morgan fingerprint density at radius 3 is 2.22 bits per heavy atom. The van der Waals surface area contributed by atoms with E-state index in [0.29, 0.717) is 0 Å². The molecule has 6 rings (SSSR count). The second kappa shape index (κ2) is 7.87. The molecular formula is C19H16N8. The van der Waals surface area contributed by atoms with E-state index in [9.17, 15) is 0 Å². The van der Waals surface area contributed by atoms with Gasteiger partial charge in [-0.05, 0) is 36.4 Å². The van der Waals surface area contributed by atoms with Crippen molar-refractivity contribution in [3.8, 4) is 0 Å². The van der Waals surface area contributed by atoms with E-state index < -0.39 is 0 Å². The first kappa shape index (κ1) is 16.4. The molecule has 0 aromatic carbocycles. The Morgan fingerprint density at radius 2 is 1.37 bits per heavy atom. The number of hydrogen-bond donors (Lipinski definition) is 3. The van der Waals surface area contributed by atoms with Gasteiger partial charge in [0.05, 0.1) is 46.4 Å². The summed E-state index contributed by atoms with van der Waals surface area (Å²) in [5.74, 6) is 0. The van der Waals surface area contributed by atoms with E-state index in [1.165, 1.54) is 0 Å². The van der Waals surface area contributed by atoms with Gasteiger partial charge in [-0.25, -0.2) is 15.0 Å². The van der Waals surface area contributed by atoms with Gasteiger partial charge in [0, 0.05) is 24.8 Å². The van der Waals surface area contributed by atoms with E-state index in [0.717, 1.165) is 33.2 Å². The topological polar surface area (TPSA) is 112 Å². The molecule has 8 nitrogen and oxygen atoms in total. The Balaban J connectivity index is 0.0000001000. The average molecular weight is 356 g/mol. The predicted octanol–water partition coefficient (Wildman–Crippen LogP) is 3.48. The van der Waals surface area contributed by atoms with Gasteiger partial charge in [-0.3, -0.25) is 9.97 Å². The molecular weight excluding hydrogens is 340 g/mol. The third-order valence-corrected chi connectivity index (χ3v) is 3.73. The van der Waals surface area contributed by atoms with Crippen LogP contribution in [0.3, 0.4) is 0 Å². The Morgan fingerprint density at radius 1 is 0.593 bits per heavy atom. The van der Waals surface area contributed by atoms with Crippen LogP contribution in [0.15, 0.2) is 80.0 Å². The summed E-state index contributed by atoms with van der Waals surface area (Å²) >= 11 is 0. The largest absolute Gasteiger partial charge is 0.360 e. The van der Waals surface area contributed by atoms with Crippen molar-refractivity contribution in [2.24, 2.45) is 0 Å². The summed E-state index contributed by atoms with van der Waals surface area (Å²) in [6.45, 7) is 0. The molecule has 8 heteroatoms. The number of fused-ring (bicyclic) bond motifs is 3. The van der Waals surface area contributed by atoms with E-state index in [2.05, 4.69) is 39.9 Å². The van der Waals surface area contributed by atoms with Crippen molar-refractivity contribution in [3.63, 3.8) is 0 Å². The molecule has 0 radical (unpaired) electrons. The zero-order valence-electron chi connectivity index (χ0n) is 14.2. The molecule has 0 aliphatic rings. The molecule has 0 aliphatic carbocycles. The minimum atomic E-state index is 0.775. The van der Waals surface area contributed by atoms with Crippen LogP contribution >= 0.6 is 0 Å². The summed E-state index contributed by atoms with van der Waals surface area (Å²) in [6, 6.07) is 11.6. The van der Waals surface area contributed by atoms with Gasteiger partial charge in [0.15, 0.2) is 5.65 Å². The number of imidazole rings is 2. The highest BCUT2D eigenvalue weighted by molar-refractivity contribution is 5.74. The molecule has 0 saturated heterocycles. The summed E-state index contributed by atoms with van der Waals surface area (Å²) in [6.07, 6.45) is 12.2. The van der Waals surface area contributed by atoms with Crippen molar-refractivity contribution in [2.45, 2.75) is 0 Å². The first-order valence-corrected chi connectivity index (χ1v) is 8.25. The molecule has 0 spiro atoms. The standard InChI is InChI=1S/C7H6N2.2C6H5N3/c1-2-6-7(8-4-1)3-5-9-6;1-2-7-3-6-5(1)8-4-9-6;1-2-5-6(7-3-1)9-4-8-5/h1-5,9H;1-4H,(H,8,9);1-4H,(H,7,8,9). The zero-order valence-corrected chi connectivity index (χ0v) is 14.2. The molecule has 132 valence electrons. The smallest absolute Gasteiger partial charge is 0.177 e. The van der Waals surface area contributed by atoms with Crippen LogP contribution in [0.4, 0.5) is 0 Å². The van der Waals surface area contributed by atoms with E-state index in [4.69, 9.17) is 0 Å². The summed E-state index contributed by atoms with van der Waals surface area (Å²) in [5, 5.41) is 0. The minimum Gasteiger partial charge on any atom is -0.360 e. The first-order valence-electron chi connectivity index (χ1n) is 8.25. The third kappa shape index (κ3) is 3.96. The minimum absolute atomic E-state index is 0.775. The number of aromatic nitrogens is 8. The molecule has 0 aliphatic heterocycles. The summed E-state index contributed by atoms with van der Waals surface area (Å²) < 4.78 is 0. The lowest BCUT2D eigenvalue weighted by Crippen LogP contribution is -1.71. The van der Waals surface area contributed by atoms with Crippen LogP contribution in [0.5, 0.6) is 0 Å². The van der Waals surface area contributed by atoms with Crippen molar-refractivity contribution in [2.75, 3.05) is 0 Å². The number of nitrogens with one attached hydrogen (secondary N) is 3. The van der Waals surface area contributed by atoms with Crippen LogP contribution in [0, 0.1) is 0 Å². The summed E-state index contributed by atoms with van der Waals surface area (Å²) in [5.41, 5.74) is 5.83. The van der Waals surface area contributed by atoms with Gasteiger partial charge in [0.1, 0.15) is 0 Å². The SMILES string of the molecule is c1cc2nc[nH]c2cn1.c1cnc2cc[nH]c2c1.c1cnc2nc[nH]c2c1. The Kier molecular flexibility index (Phi) is 4.78. The number of hydrogen-bond acceptors (Lipinski definition) is 5. The monoisotopic (exact) mass is 356 g/mol. The Hall–Kier alpha value is -4.07. The molecule has 6 aromatic rings. The first-order chi connectivity index (χ1) is 13.4.